The van der Waals surface area contributed by atoms with Gasteiger partial charge in [-0.25, -0.2) is 13.4 Å². The molecule has 2 unspecified atom stereocenters. The van der Waals surface area contributed by atoms with Crippen LogP contribution in [0.1, 0.15) is 107 Å². The van der Waals surface area contributed by atoms with Crippen LogP contribution in [-0.4, -0.2) is 107 Å². The van der Waals surface area contributed by atoms with Crippen molar-refractivity contribution in [3.8, 4) is 5.75 Å². The average Bonchev–Trinajstić information content (AvgIpc) is 3.91. The summed E-state index contributed by atoms with van der Waals surface area (Å²) in [7, 11) is -3.53. The fourth-order valence-corrected chi connectivity index (χ4v) is 8.37. The maximum atomic E-state index is 13.2. The molecule has 0 saturated carbocycles. The van der Waals surface area contributed by atoms with Gasteiger partial charge in [0, 0.05) is 49.6 Å². The lowest BCUT2D eigenvalue weighted by molar-refractivity contribution is -0.136. The number of nitrogens with zero attached hydrogens (tertiary/aromatic N) is 4. The number of aromatic nitrogens is 2. The van der Waals surface area contributed by atoms with Crippen LogP contribution in [0.15, 0.2) is 42.0 Å². The number of nitrogens with one attached hydrogen (secondary N) is 3. The Balaban J connectivity index is 0.867. The van der Waals surface area contributed by atoms with Gasteiger partial charge in [0.05, 0.1) is 41.8 Å². The molecular weight excluding hydrogens is 767 g/mol. The van der Waals surface area contributed by atoms with E-state index in [2.05, 4.69) is 20.9 Å². The molecule has 0 radical (unpaired) electrons. The summed E-state index contributed by atoms with van der Waals surface area (Å²) in [4.78, 5) is 95.4. The van der Waals surface area contributed by atoms with Crippen molar-refractivity contribution in [3.05, 3.63) is 64.4 Å². The predicted octanol–water partition coefficient (Wildman–Crippen LogP) is 2.65. The molecule has 3 aliphatic rings. The first-order chi connectivity index (χ1) is 26.8. The Kier molecular flexibility index (Phi) is 12.6. The van der Waals surface area contributed by atoms with E-state index < -0.39 is 51.5 Å². The van der Waals surface area contributed by atoms with E-state index in [1.54, 1.807) is 12.1 Å². The van der Waals surface area contributed by atoms with Crippen LogP contribution in [-0.2, 0) is 29.2 Å². The number of anilines is 1. The van der Waals surface area contributed by atoms with Gasteiger partial charge in [-0.1, -0.05) is 25.3 Å². The Labute approximate surface area is 327 Å². The third-order valence-electron chi connectivity index (χ3n) is 9.91. The molecule has 3 aromatic rings. The number of fused-ring (bicyclic) bond motifs is 1. The quantitative estimate of drug-likeness (QED) is 0.141. The number of carbonyl (C=O) groups is 7. The Hall–Kier alpha value is -5.43. The maximum absolute atomic E-state index is 13.2. The molecule has 0 aliphatic carbocycles. The average molecular weight is 810 g/mol. The van der Waals surface area contributed by atoms with E-state index in [1.807, 2.05) is 10.3 Å². The molecule has 2 aromatic heterocycles. The lowest BCUT2D eigenvalue weighted by atomic mass is 9.95. The van der Waals surface area contributed by atoms with Crippen LogP contribution in [0.2, 0.25) is 0 Å². The highest BCUT2D eigenvalue weighted by molar-refractivity contribution is 7.89. The molecule has 19 heteroatoms. The van der Waals surface area contributed by atoms with Crippen molar-refractivity contribution < 1.29 is 46.7 Å². The van der Waals surface area contributed by atoms with Gasteiger partial charge < -0.3 is 20.3 Å². The number of piperidine rings is 2. The molecule has 1 aromatic carbocycles. The number of benzene rings is 1. The van der Waals surface area contributed by atoms with Gasteiger partial charge >= 0.3 is 0 Å². The van der Waals surface area contributed by atoms with E-state index in [4.69, 9.17) is 4.74 Å². The summed E-state index contributed by atoms with van der Waals surface area (Å²) < 4.78 is 30.1. The van der Waals surface area contributed by atoms with Crippen molar-refractivity contribution in [2.45, 2.75) is 76.2 Å². The van der Waals surface area contributed by atoms with Crippen LogP contribution in [0, 0.1) is 0 Å². The minimum Gasteiger partial charge on any atom is -0.493 e. The Morgan fingerprint density at radius 2 is 1.80 bits per heavy atom. The third kappa shape index (κ3) is 9.50. The minimum absolute atomic E-state index is 0.0351. The molecule has 298 valence electrons. The molecule has 56 heavy (non-hydrogen) atoms. The van der Waals surface area contributed by atoms with E-state index >= 15 is 0 Å². The second-order valence-corrected chi connectivity index (χ2v) is 16.7. The molecule has 2 fully saturated rings. The van der Waals surface area contributed by atoms with Crippen molar-refractivity contribution in [1.29, 1.82) is 0 Å². The predicted molar refractivity (Wildman–Crippen MR) is 203 cm³/mol. The zero-order valence-electron chi connectivity index (χ0n) is 30.8. The summed E-state index contributed by atoms with van der Waals surface area (Å²) in [5.41, 5.74) is 1.20. The van der Waals surface area contributed by atoms with Gasteiger partial charge in [-0.2, -0.15) is 0 Å². The lowest BCUT2D eigenvalue weighted by Gasteiger charge is -2.32. The van der Waals surface area contributed by atoms with Gasteiger partial charge in [0.15, 0.2) is 5.13 Å². The van der Waals surface area contributed by atoms with Crippen LogP contribution < -0.4 is 20.7 Å². The minimum atomic E-state index is -3.53. The summed E-state index contributed by atoms with van der Waals surface area (Å²) >= 11 is 1.26. The van der Waals surface area contributed by atoms with Crippen LogP contribution in [0.5, 0.6) is 5.75 Å². The topological polar surface area (TPSA) is 223 Å². The zero-order chi connectivity index (χ0) is 40.0. The van der Waals surface area contributed by atoms with Gasteiger partial charge in [-0.15, -0.1) is 11.3 Å². The maximum Gasteiger partial charge on any atom is 0.266 e. The highest BCUT2D eigenvalue weighted by Crippen LogP contribution is 2.34. The van der Waals surface area contributed by atoms with Crippen LogP contribution in [0.3, 0.4) is 0 Å². The SMILES string of the molecule is CS(=O)(=O)n1ccc(C(=O)NCC(=O)Nc2nc(C3CCCN(C(=O)CCCCCCCOc4cccc5c4C(=O)N(C4CCC(=O)NC4=O)C5=O)C3)cs2)c1. The number of ether oxygens (including phenoxy) is 1. The largest absolute Gasteiger partial charge is 0.493 e. The van der Waals surface area contributed by atoms with Crippen LogP contribution in [0.25, 0.3) is 0 Å². The second-order valence-electron chi connectivity index (χ2n) is 14.0. The Morgan fingerprint density at radius 3 is 2.57 bits per heavy atom. The highest BCUT2D eigenvalue weighted by atomic mass is 32.2. The number of unbranched alkanes of at least 4 members (excludes halogenated alkanes) is 4. The molecule has 5 heterocycles. The number of thiazole rings is 1. The number of amides is 7. The second kappa shape index (κ2) is 17.6. The van der Waals surface area contributed by atoms with Crippen molar-refractivity contribution in [1.82, 2.24) is 29.4 Å². The van der Waals surface area contributed by atoms with Crippen molar-refractivity contribution in [2.24, 2.45) is 0 Å². The van der Waals surface area contributed by atoms with Gasteiger partial charge in [-0.3, -0.25) is 47.8 Å². The highest BCUT2D eigenvalue weighted by Gasteiger charge is 2.46. The van der Waals surface area contributed by atoms with Gasteiger partial charge in [0.1, 0.15) is 11.8 Å². The van der Waals surface area contributed by atoms with Crippen molar-refractivity contribution in [3.63, 3.8) is 0 Å². The Bertz CT molecular complexity index is 2150. The standard InChI is InChI=1S/C37H43N7O10S2/c1-56(52,53)43-17-15-24(21-43)33(48)38-19-30(46)41-37-39-26(22-55-37)23-9-8-16-42(20-23)31(47)12-5-3-2-4-6-18-54-28-11-7-10-25-32(28)36(51)44(35(25)50)27-13-14-29(45)40-34(27)49/h7,10-11,15,17,21-23,27H,2-6,8-9,12-14,16,18-20H2,1H3,(H,38,48)(H,39,41,46)(H,40,45,49). The number of carbonyl (C=O) groups excluding carboxylic acids is 7. The normalized spacial score (nSPS) is 18.4. The smallest absolute Gasteiger partial charge is 0.266 e. The number of hydrogen-bond donors (Lipinski definition) is 3. The van der Waals surface area contributed by atoms with E-state index in [-0.39, 0.29) is 53.7 Å². The molecule has 3 aliphatic heterocycles. The molecule has 6 rings (SSSR count). The molecule has 2 saturated heterocycles. The first kappa shape index (κ1) is 40.2. The number of hydrogen-bond acceptors (Lipinski definition) is 12. The fraction of sp³-hybridized carbons (Fsp3) is 0.459. The van der Waals surface area contributed by atoms with E-state index in [0.717, 1.165) is 59.3 Å². The zero-order valence-corrected chi connectivity index (χ0v) is 32.4. The third-order valence-corrected chi connectivity index (χ3v) is 11.7. The number of rotatable bonds is 16. The molecule has 7 amide bonds. The number of likely N-dealkylation sites (tertiary alicyclic amines) is 1. The molecule has 3 N–H and O–H groups in total. The molecule has 2 atom stereocenters. The molecule has 0 spiro atoms. The molecular formula is C37H43N7O10S2. The van der Waals surface area contributed by atoms with Crippen molar-refractivity contribution in [2.75, 3.05) is 37.8 Å². The monoisotopic (exact) mass is 809 g/mol. The summed E-state index contributed by atoms with van der Waals surface area (Å²) in [6, 6.07) is 5.08. The van der Waals surface area contributed by atoms with Gasteiger partial charge in [0.25, 0.3) is 17.7 Å². The summed E-state index contributed by atoms with van der Waals surface area (Å²) in [6.45, 7) is 1.22. The van der Waals surface area contributed by atoms with Crippen LogP contribution in [0.4, 0.5) is 5.13 Å². The van der Waals surface area contributed by atoms with E-state index in [9.17, 15) is 42.0 Å². The summed E-state index contributed by atoms with van der Waals surface area (Å²) in [5, 5.41) is 9.58. The van der Waals surface area contributed by atoms with Gasteiger partial charge in [0.2, 0.25) is 33.7 Å². The molecule has 17 nitrogen and oxygen atoms in total. The first-order valence-electron chi connectivity index (χ1n) is 18.5. The molecule has 0 bridgehead atoms. The Morgan fingerprint density at radius 1 is 1.02 bits per heavy atom. The first-order valence-corrected chi connectivity index (χ1v) is 21.2. The lowest BCUT2D eigenvalue weighted by Crippen LogP contribution is -2.54. The van der Waals surface area contributed by atoms with Crippen molar-refractivity contribution >= 4 is 67.8 Å². The fourth-order valence-electron chi connectivity index (χ4n) is 6.97. The number of imide groups is 2. The van der Waals surface area contributed by atoms with Gasteiger partial charge in [-0.05, 0) is 50.3 Å². The van der Waals surface area contributed by atoms with E-state index in [1.165, 1.54) is 35.9 Å². The van der Waals surface area contributed by atoms with E-state index in [0.29, 0.717) is 37.7 Å². The van der Waals surface area contributed by atoms with Crippen LogP contribution >= 0.6 is 11.3 Å². The summed E-state index contributed by atoms with van der Waals surface area (Å²) in [5.74, 6) is -2.95. The summed E-state index contributed by atoms with van der Waals surface area (Å²) in [6.07, 6.45) is 9.74.